The summed E-state index contributed by atoms with van der Waals surface area (Å²) >= 11 is 0. The highest BCUT2D eigenvalue weighted by atomic mass is 16.5. The lowest BCUT2D eigenvalue weighted by molar-refractivity contribution is 0.306. The van der Waals surface area contributed by atoms with Gasteiger partial charge in [0.15, 0.2) is 0 Å². The molecule has 0 amide bonds. The number of nitrogens with one attached hydrogen (secondary N) is 1. The maximum absolute atomic E-state index is 5.75. The van der Waals surface area contributed by atoms with Crippen LogP contribution in [0.3, 0.4) is 0 Å². The van der Waals surface area contributed by atoms with Crippen LogP contribution in [0.25, 0.3) is 0 Å². The van der Waals surface area contributed by atoms with Crippen molar-refractivity contribution in [3.05, 3.63) is 65.7 Å². The van der Waals surface area contributed by atoms with Crippen molar-refractivity contribution in [1.29, 1.82) is 0 Å². The molecule has 0 saturated carbocycles. The van der Waals surface area contributed by atoms with Crippen LogP contribution in [0.5, 0.6) is 5.75 Å². The summed E-state index contributed by atoms with van der Waals surface area (Å²) in [6.07, 6.45) is 0. The van der Waals surface area contributed by atoms with Gasteiger partial charge in [-0.25, -0.2) is 0 Å². The monoisotopic (exact) mass is 270 g/mol. The number of rotatable bonds is 7. The van der Waals surface area contributed by atoms with Crippen molar-refractivity contribution in [2.45, 2.75) is 26.1 Å². The minimum absolute atomic E-state index is 0.337. The maximum atomic E-state index is 5.75. The van der Waals surface area contributed by atoms with Crippen molar-refractivity contribution in [2.24, 2.45) is 5.73 Å². The number of ether oxygens (including phenoxy) is 1. The molecule has 0 aliphatic rings. The van der Waals surface area contributed by atoms with Crippen molar-refractivity contribution < 1.29 is 4.74 Å². The Morgan fingerprint density at radius 3 is 2.35 bits per heavy atom. The molecule has 0 radical (unpaired) electrons. The quantitative estimate of drug-likeness (QED) is 0.813. The van der Waals surface area contributed by atoms with Gasteiger partial charge in [0.2, 0.25) is 0 Å². The van der Waals surface area contributed by atoms with Gasteiger partial charge in [-0.05, 0) is 30.2 Å². The fourth-order valence-corrected chi connectivity index (χ4v) is 1.82. The van der Waals surface area contributed by atoms with Crippen molar-refractivity contribution >= 4 is 0 Å². The van der Waals surface area contributed by atoms with Gasteiger partial charge in [0.25, 0.3) is 0 Å². The van der Waals surface area contributed by atoms with Gasteiger partial charge < -0.3 is 15.8 Å². The van der Waals surface area contributed by atoms with Crippen LogP contribution in [0.15, 0.2) is 54.6 Å². The average Bonchev–Trinajstić information content (AvgIpc) is 2.52. The Balaban J connectivity index is 1.82. The maximum Gasteiger partial charge on any atom is 0.119 e. The number of nitrogens with two attached hydrogens (primary N) is 1. The second-order valence-electron chi connectivity index (χ2n) is 4.94. The van der Waals surface area contributed by atoms with Gasteiger partial charge >= 0.3 is 0 Å². The molecule has 2 aromatic carbocycles. The van der Waals surface area contributed by atoms with Gasteiger partial charge in [0, 0.05) is 19.1 Å². The first-order valence-electron chi connectivity index (χ1n) is 6.97. The Labute approximate surface area is 120 Å². The molecule has 0 fully saturated rings. The second kappa shape index (κ2) is 7.68. The van der Waals surface area contributed by atoms with Crippen molar-refractivity contribution in [2.75, 3.05) is 6.54 Å². The van der Waals surface area contributed by atoms with Gasteiger partial charge in [-0.1, -0.05) is 42.5 Å². The molecule has 0 aromatic heterocycles. The molecule has 1 unspecified atom stereocenters. The van der Waals surface area contributed by atoms with Crippen molar-refractivity contribution in [3.8, 4) is 5.75 Å². The fraction of sp³-hybridized carbons (Fsp3) is 0.294. The van der Waals surface area contributed by atoms with Crippen molar-refractivity contribution in [1.82, 2.24) is 5.32 Å². The molecule has 0 saturated heterocycles. The summed E-state index contributed by atoms with van der Waals surface area (Å²) in [6.45, 7) is 4.16. The van der Waals surface area contributed by atoms with E-state index in [1.807, 2.05) is 30.3 Å². The lowest BCUT2D eigenvalue weighted by Gasteiger charge is -2.11. The lowest BCUT2D eigenvalue weighted by Crippen LogP contribution is -2.32. The highest BCUT2D eigenvalue weighted by Gasteiger charge is 2.00. The molecule has 20 heavy (non-hydrogen) atoms. The topological polar surface area (TPSA) is 47.3 Å². The van der Waals surface area contributed by atoms with Gasteiger partial charge in [0.1, 0.15) is 12.4 Å². The zero-order chi connectivity index (χ0) is 14.2. The van der Waals surface area contributed by atoms with E-state index >= 15 is 0 Å². The molecule has 0 heterocycles. The van der Waals surface area contributed by atoms with Crippen LogP contribution in [0, 0.1) is 0 Å². The summed E-state index contributed by atoms with van der Waals surface area (Å²) < 4.78 is 5.75. The molecule has 106 valence electrons. The Morgan fingerprint density at radius 2 is 1.70 bits per heavy atom. The van der Waals surface area contributed by atoms with E-state index < -0.39 is 0 Å². The zero-order valence-corrected chi connectivity index (χ0v) is 11.9. The van der Waals surface area contributed by atoms with Crippen LogP contribution in [0.4, 0.5) is 0 Å². The Hall–Kier alpha value is -1.84. The third-order valence-electron chi connectivity index (χ3n) is 3.18. The summed E-state index contributed by atoms with van der Waals surface area (Å²) in [7, 11) is 0. The normalized spacial score (nSPS) is 12.1. The lowest BCUT2D eigenvalue weighted by atomic mass is 10.2. The molecule has 3 N–H and O–H groups in total. The van der Waals surface area contributed by atoms with Crippen molar-refractivity contribution in [3.63, 3.8) is 0 Å². The highest BCUT2D eigenvalue weighted by molar-refractivity contribution is 5.27. The predicted molar refractivity (Wildman–Crippen MR) is 82.6 cm³/mol. The molecule has 3 heteroatoms. The smallest absolute Gasteiger partial charge is 0.119 e. The summed E-state index contributed by atoms with van der Waals surface area (Å²) in [5.74, 6) is 0.893. The van der Waals surface area contributed by atoms with Gasteiger partial charge in [-0.15, -0.1) is 0 Å². The summed E-state index contributed by atoms with van der Waals surface area (Å²) in [4.78, 5) is 0. The highest BCUT2D eigenvalue weighted by Crippen LogP contribution is 2.14. The van der Waals surface area contributed by atoms with Crippen LogP contribution in [-0.2, 0) is 13.2 Å². The molecule has 2 rings (SSSR count). The molecule has 0 spiro atoms. The summed E-state index contributed by atoms with van der Waals surface area (Å²) in [5.41, 5.74) is 7.98. The number of hydrogen-bond donors (Lipinski definition) is 2. The van der Waals surface area contributed by atoms with Crippen LogP contribution >= 0.6 is 0 Å². The zero-order valence-electron chi connectivity index (χ0n) is 11.9. The first-order valence-corrected chi connectivity index (χ1v) is 6.97. The van der Waals surface area contributed by atoms with E-state index in [9.17, 15) is 0 Å². The van der Waals surface area contributed by atoms with Gasteiger partial charge in [-0.3, -0.25) is 0 Å². The van der Waals surface area contributed by atoms with Crippen LogP contribution in [0.2, 0.25) is 0 Å². The average molecular weight is 270 g/mol. The predicted octanol–water partition coefficient (Wildman–Crippen LogP) is 2.70. The van der Waals surface area contributed by atoms with E-state index in [0.29, 0.717) is 19.2 Å². The van der Waals surface area contributed by atoms with E-state index in [1.165, 1.54) is 11.1 Å². The third kappa shape index (κ3) is 4.68. The van der Waals surface area contributed by atoms with Gasteiger partial charge in [0.05, 0.1) is 0 Å². The van der Waals surface area contributed by atoms with Gasteiger partial charge in [-0.2, -0.15) is 0 Å². The largest absolute Gasteiger partial charge is 0.489 e. The molecule has 1 atom stereocenters. The molecular formula is C17H22N2O. The Kier molecular flexibility index (Phi) is 5.59. The standard InChI is InChI=1S/C17H22N2O/c1-14(11-18)19-12-15-7-9-17(10-8-15)20-13-16-5-3-2-4-6-16/h2-10,14,19H,11-13,18H2,1H3. The number of hydrogen-bond acceptors (Lipinski definition) is 3. The van der Waals surface area contributed by atoms with E-state index in [0.717, 1.165) is 12.3 Å². The molecule has 0 bridgehead atoms. The minimum Gasteiger partial charge on any atom is -0.489 e. The van der Waals surface area contributed by atoms with Crippen LogP contribution in [-0.4, -0.2) is 12.6 Å². The molecule has 0 aliphatic heterocycles. The number of benzene rings is 2. The molecule has 0 aliphatic carbocycles. The first-order chi connectivity index (χ1) is 9.78. The second-order valence-corrected chi connectivity index (χ2v) is 4.94. The van der Waals surface area contributed by atoms with E-state index in [4.69, 9.17) is 10.5 Å². The van der Waals surface area contributed by atoms with Crippen LogP contribution < -0.4 is 15.8 Å². The fourth-order valence-electron chi connectivity index (χ4n) is 1.82. The molecule has 3 nitrogen and oxygen atoms in total. The van der Waals surface area contributed by atoms with E-state index in [1.54, 1.807) is 0 Å². The first kappa shape index (κ1) is 14.6. The van der Waals surface area contributed by atoms with E-state index in [-0.39, 0.29) is 0 Å². The summed E-state index contributed by atoms with van der Waals surface area (Å²) in [6, 6.07) is 18.7. The molecule has 2 aromatic rings. The minimum atomic E-state index is 0.337. The third-order valence-corrected chi connectivity index (χ3v) is 3.18. The Morgan fingerprint density at radius 1 is 1.00 bits per heavy atom. The van der Waals surface area contributed by atoms with Crippen LogP contribution in [0.1, 0.15) is 18.1 Å². The molecular weight excluding hydrogens is 248 g/mol. The Bertz CT molecular complexity index is 496. The SMILES string of the molecule is CC(CN)NCc1ccc(OCc2ccccc2)cc1. The van der Waals surface area contributed by atoms with E-state index in [2.05, 4.69) is 36.5 Å². The summed E-state index contributed by atoms with van der Waals surface area (Å²) in [5, 5.41) is 3.36.